The number of amides is 2. The summed E-state index contributed by atoms with van der Waals surface area (Å²) in [5.74, 6) is 2.43. The molecule has 0 spiro atoms. The van der Waals surface area contributed by atoms with Crippen molar-refractivity contribution < 1.29 is 9.53 Å². The van der Waals surface area contributed by atoms with Crippen LogP contribution in [0, 0.1) is 13.8 Å². The molecule has 0 atom stereocenters. The quantitative estimate of drug-likeness (QED) is 0.640. The van der Waals surface area contributed by atoms with Gasteiger partial charge in [-0.2, -0.15) is 0 Å². The molecular weight excluding hydrogens is 390 g/mol. The zero-order chi connectivity index (χ0) is 21.8. The third kappa shape index (κ3) is 4.40. The third-order valence-electron chi connectivity index (χ3n) is 5.95. The van der Waals surface area contributed by atoms with E-state index in [1.54, 1.807) is 12.0 Å². The van der Waals surface area contributed by atoms with Gasteiger partial charge in [0.2, 0.25) is 0 Å². The predicted molar refractivity (Wildman–Crippen MR) is 122 cm³/mol. The molecule has 1 N–H and O–H groups in total. The van der Waals surface area contributed by atoms with E-state index in [0.717, 1.165) is 54.3 Å². The molecular formula is C24H29N5O2. The molecule has 1 aliphatic heterocycles. The van der Waals surface area contributed by atoms with Gasteiger partial charge < -0.3 is 14.6 Å². The van der Waals surface area contributed by atoms with Crippen LogP contribution in [0.1, 0.15) is 42.0 Å². The Morgan fingerprint density at radius 1 is 1.10 bits per heavy atom. The molecule has 7 heteroatoms. The van der Waals surface area contributed by atoms with Crippen LogP contribution in [0.25, 0.3) is 0 Å². The lowest BCUT2D eigenvalue weighted by atomic mass is 10.1. The molecule has 4 rings (SSSR count). The van der Waals surface area contributed by atoms with E-state index in [4.69, 9.17) is 4.74 Å². The Balaban J connectivity index is 1.69. The number of hydrogen-bond acceptors (Lipinski definition) is 4. The first-order valence-electron chi connectivity index (χ1n) is 10.8. The Kier molecular flexibility index (Phi) is 6.21. The first-order chi connectivity index (χ1) is 15.1. The lowest BCUT2D eigenvalue weighted by Crippen LogP contribution is -2.36. The number of aryl methyl sites for hydroxylation is 2. The molecule has 1 aromatic heterocycles. The maximum Gasteiger partial charge on any atom is 0.326 e. The van der Waals surface area contributed by atoms with Gasteiger partial charge in [0.25, 0.3) is 0 Å². The van der Waals surface area contributed by atoms with Crippen LogP contribution < -0.4 is 15.0 Å². The van der Waals surface area contributed by atoms with Crippen LogP contribution in [-0.2, 0) is 19.5 Å². The van der Waals surface area contributed by atoms with E-state index in [0.29, 0.717) is 18.0 Å². The third-order valence-corrected chi connectivity index (χ3v) is 5.95. The second-order valence-electron chi connectivity index (χ2n) is 7.93. The van der Waals surface area contributed by atoms with Gasteiger partial charge in [0, 0.05) is 18.7 Å². The molecule has 0 fully saturated rings. The fourth-order valence-corrected chi connectivity index (χ4v) is 3.99. The normalized spacial score (nSPS) is 13.3. The number of nitrogens with one attached hydrogen (secondary N) is 1. The number of hydrogen-bond donors (Lipinski definition) is 1. The van der Waals surface area contributed by atoms with E-state index in [9.17, 15) is 4.79 Å². The minimum atomic E-state index is -0.232. The van der Waals surface area contributed by atoms with Crippen LogP contribution in [0.15, 0.2) is 42.5 Å². The molecule has 0 bridgehead atoms. The first-order valence-corrected chi connectivity index (χ1v) is 10.8. The fourth-order valence-electron chi connectivity index (χ4n) is 3.99. The number of ether oxygens (including phenoxy) is 1. The summed E-state index contributed by atoms with van der Waals surface area (Å²) in [6.07, 6.45) is 4.34. The number of benzene rings is 2. The summed E-state index contributed by atoms with van der Waals surface area (Å²) in [5, 5.41) is 11.9. The van der Waals surface area contributed by atoms with Gasteiger partial charge in [0.1, 0.15) is 11.6 Å². The molecule has 3 aromatic rings. The Hall–Kier alpha value is -3.35. The number of methoxy groups -OCH3 is 1. The standard InChI is InChI=1S/C24H29N5O2/c1-17-10-9-11-19(18(17)2)25-24(30)29(20-12-6-7-13-21(20)31-3)16-23-27-26-22-14-5-4-8-15-28(22)23/h6-7,9-13H,4-5,8,14-16H2,1-3H3,(H,25,30). The van der Waals surface area contributed by atoms with Gasteiger partial charge in [-0.3, -0.25) is 4.90 Å². The average Bonchev–Trinajstić information content (AvgIpc) is 3.00. The van der Waals surface area contributed by atoms with E-state index >= 15 is 0 Å². The van der Waals surface area contributed by atoms with Crippen LogP contribution >= 0.6 is 0 Å². The molecule has 2 heterocycles. The Morgan fingerprint density at radius 3 is 2.77 bits per heavy atom. The lowest BCUT2D eigenvalue weighted by Gasteiger charge is -2.25. The van der Waals surface area contributed by atoms with E-state index in [1.807, 2.05) is 56.3 Å². The van der Waals surface area contributed by atoms with Crippen molar-refractivity contribution in [2.45, 2.75) is 52.6 Å². The smallest absolute Gasteiger partial charge is 0.326 e. The summed E-state index contributed by atoms with van der Waals surface area (Å²) in [4.78, 5) is 15.2. The maximum atomic E-state index is 13.5. The highest BCUT2D eigenvalue weighted by atomic mass is 16.5. The zero-order valence-corrected chi connectivity index (χ0v) is 18.4. The second-order valence-corrected chi connectivity index (χ2v) is 7.93. The van der Waals surface area contributed by atoms with E-state index < -0.39 is 0 Å². The lowest BCUT2D eigenvalue weighted by molar-refractivity contribution is 0.256. The molecule has 162 valence electrons. The molecule has 1 aliphatic rings. The molecule has 0 aliphatic carbocycles. The highest BCUT2D eigenvalue weighted by molar-refractivity contribution is 6.03. The minimum absolute atomic E-state index is 0.232. The van der Waals surface area contributed by atoms with Crippen LogP contribution in [0.2, 0.25) is 0 Å². The van der Waals surface area contributed by atoms with Crippen molar-refractivity contribution in [3.05, 3.63) is 65.2 Å². The van der Waals surface area contributed by atoms with Crippen LogP contribution in [0.3, 0.4) is 0 Å². The Bertz CT molecular complexity index is 1080. The summed E-state index contributed by atoms with van der Waals surface area (Å²) >= 11 is 0. The number of para-hydroxylation sites is 2. The van der Waals surface area contributed by atoms with Crippen molar-refractivity contribution in [1.29, 1.82) is 0 Å². The van der Waals surface area contributed by atoms with E-state index in [2.05, 4.69) is 20.1 Å². The average molecular weight is 420 g/mol. The molecule has 2 amide bonds. The number of anilines is 2. The van der Waals surface area contributed by atoms with Crippen LogP contribution in [0.4, 0.5) is 16.2 Å². The van der Waals surface area contributed by atoms with Gasteiger partial charge in [-0.15, -0.1) is 10.2 Å². The van der Waals surface area contributed by atoms with Gasteiger partial charge in [-0.1, -0.05) is 30.7 Å². The predicted octanol–water partition coefficient (Wildman–Crippen LogP) is 4.87. The van der Waals surface area contributed by atoms with Gasteiger partial charge in [0.05, 0.1) is 19.3 Å². The number of fused-ring (bicyclic) bond motifs is 1. The molecule has 0 radical (unpaired) electrons. The van der Waals surface area contributed by atoms with Crippen molar-refractivity contribution in [3.63, 3.8) is 0 Å². The highest BCUT2D eigenvalue weighted by Gasteiger charge is 2.24. The van der Waals surface area contributed by atoms with Crippen LogP contribution in [-0.4, -0.2) is 27.9 Å². The summed E-state index contributed by atoms with van der Waals surface area (Å²) in [6.45, 7) is 5.24. The van der Waals surface area contributed by atoms with Crippen molar-refractivity contribution in [2.75, 3.05) is 17.3 Å². The van der Waals surface area contributed by atoms with Gasteiger partial charge in [-0.25, -0.2) is 4.79 Å². The summed E-state index contributed by atoms with van der Waals surface area (Å²) in [7, 11) is 1.61. The number of rotatable bonds is 5. The molecule has 2 aromatic carbocycles. The van der Waals surface area contributed by atoms with E-state index in [1.165, 1.54) is 6.42 Å². The van der Waals surface area contributed by atoms with Gasteiger partial charge in [0.15, 0.2) is 5.82 Å². The Morgan fingerprint density at radius 2 is 1.94 bits per heavy atom. The van der Waals surface area contributed by atoms with Gasteiger partial charge >= 0.3 is 6.03 Å². The molecule has 0 saturated carbocycles. The highest BCUT2D eigenvalue weighted by Crippen LogP contribution is 2.30. The summed E-state index contributed by atoms with van der Waals surface area (Å²) in [5.41, 5.74) is 3.67. The van der Waals surface area contributed by atoms with Crippen molar-refractivity contribution in [3.8, 4) is 5.75 Å². The maximum absolute atomic E-state index is 13.5. The molecule has 0 saturated heterocycles. The molecule has 7 nitrogen and oxygen atoms in total. The summed E-state index contributed by atoms with van der Waals surface area (Å²) < 4.78 is 7.72. The van der Waals surface area contributed by atoms with Crippen molar-refractivity contribution in [1.82, 2.24) is 14.8 Å². The van der Waals surface area contributed by atoms with Gasteiger partial charge in [-0.05, 0) is 56.0 Å². The van der Waals surface area contributed by atoms with Crippen molar-refractivity contribution >= 4 is 17.4 Å². The first kappa shape index (κ1) is 20.9. The Labute approximate surface area is 183 Å². The fraction of sp³-hybridized carbons (Fsp3) is 0.375. The van der Waals surface area contributed by atoms with Crippen molar-refractivity contribution in [2.24, 2.45) is 0 Å². The topological polar surface area (TPSA) is 72.3 Å². The zero-order valence-electron chi connectivity index (χ0n) is 18.4. The van der Waals surface area contributed by atoms with E-state index in [-0.39, 0.29) is 6.03 Å². The molecule has 31 heavy (non-hydrogen) atoms. The number of carbonyl (C=O) groups is 1. The number of nitrogens with zero attached hydrogens (tertiary/aromatic N) is 4. The monoisotopic (exact) mass is 419 g/mol. The summed E-state index contributed by atoms with van der Waals surface area (Å²) in [6, 6.07) is 13.2. The largest absolute Gasteiger partial charge is 0.495 e. The minimum Gasteiger partial charge on any atom is -0.495 e. The second kappa shape index (κ2) is 9.20. The van der Waals surface area contributed by atoms with Crippen LogP contribution in [0.5, 0.6) is 5.75 Å². The SMILES string of the molecule is COc1ccccc1N(Cc1nnc2n1CCCCC2)C(=O)Nc1cccc(C)c1C. The molecule has 0 unspecified atom stereocenters. The number of carbonyl (C=O) groups excluding carboxylic acids is 1. The number of urea groups is 1. The number of aromatic nitrogens is 3.